The number of rotatable bonds is 3. The molecule has 0 aliphatic carbocycles. The summed E-state index contributed by atoms with van der Waals surface area (Å²) in [5.74, 6) is 0. The van der Waals surface area contributed by atoms with Crippen LogP contribution in [0, 0.1) is 0 Å². The van der Waals surface area contributed by atoms with E-state index in [1.807, 2.05) is 36.5 Å². The van der Waals surface area contributed by atoms with Crippen LogP contribution in [0.25, 0.3) is 10.9 Å². The third kappa shape index (κ3) is 2.31. The molecule has 2 nitrogen and oxygen atoms in total. The van der Waals surface area contributed by atoms with E-state index in [4.69, 9.17) is 27.9 Å². The van der Waals surface area contributed by atoms with Crippen molar-refractivity contribution >= 4 is 34.1 Å². The summed E-state index contributed by atoms with van der Waals surface area (Å²) in [5.41, 5.74) is 3.05. The Morgan fingerprint density at radius 2 is 1.85 bits per heavy atom. The van der Waals surface area contributed by atoms with E-state index >= 15 is 0 Å². The number of hydrogen-bond acceptors (Lipinski definition) is 1. The van der Waals surface area contributed by atoms with Gasteiger partial charge in [-0.15, -0.1) is 0 Å². The summed E-state index contributed by atoms with van der Waals surface area (Å²) in [6.45, 7) is 0. The number of nitrogens with one attached hydrogen (secondary N) is 1. The molecule has 0 spiro atoms. The molecule has 0 aliphatic heterocycles. The van der Waals surface area contributed by atoms with Gasteiger partial charge in [-0.1, -0.05) is 47.5 Å². The van der Waals surface area contributed by atoms with Gasteiger partial charge in [0, 0.05) is 45.4 Å². The topological polar surface area (TPSA) is 25.0 Å². The molecule has 2 aromatic carbocycles. The van der Waals surface area contributed by atoms with Crippen LogP contribution in [0.1, 0.15) is 17.2 Å². The van der Waals surface area contributed by atoms with Crippen molar-refractivity contribution in [3.8, 4) is 0 Å². The molecule has 20 heavy (non-hydrogen) atoms. The van der Waals surface area contributed by atoms with Crippen LogP contribution in [-0.2, 0) is 4.74 Å². The van der Waals surface area contributed by atoms with Crippen molar-refractivity contribution in [1.29, 1.82) is 0 Å². The van der Waals surface area contributed by atoms with E-state index in [9.17, 15) is 0 Å². The second kappa shape index (κ2) is 5.49. The molecule has 0 saturated heterocycles. The zero-order valence-corrected chi connectivity index (χ0v) is 12.4. The Labute approximate surface area is 127 Å². The normalized spacial score (nSPS) is 12.8. The van der Waals surface area contributed by atoms with Gasteiger partial charge in [-0.3, -0.25) is 0 Å². The first-order valence-electron chi connectivity index (χ1n) is 6.24. The van der Waals surface area contributed by atoms with Gasteiger partial charge in [0.25, 0.3) is 0 Å². The Hall–Kier alpha value is -1.48. The van der Waals surface area contributed by atoms with Gasteiger partial charge in [0.1, 0.15) is 6.10 Å². The fraction of sp³-hybridized carbons (Fsp3) is 0.125. The third-order valence-corrected chi connectivity index (χ3v) is 3.95. The number of methoxy groups -OCH3 is 1. The predicted molar refractivity (Wildman–Crippen MR) is 83.6 cm³/mol. The molecule has 3 aromatic rings. The first kappa shape index (κ1) is 13.5. The van der Waals surface area contributed by atoms with E-state index in [1.165, 1.54) is 0 Å². The average Bonchev–Trinajstić information content (AvgIpc) is 2.86. The Morgan fingerprint density at radius 1 is 1.05 bits per heavy atom. The van der Waals surface area contributed by atoms with Gasteiger partial charge in [0.05, 0.1) is 0 Å². The van der Waals surface area contributed by atoms with Gasteiger partial charge >= 0.3 is 0 Å². The maximum absolute atomic E-state index is 6.30. The van der Waals surface area contributed by atoms with Crippen LogP contribution in [-0.4, -0.2) is 12.1 Å². The standard InChI is InChI=1S/C16H13Cl2NO/c1-20-16(12-7-6-10(17)8-14(12)18)13-9-19-15-5-3-2-4-11(13)15/h2-9,16,19H,1H3. The first-order chi connectivity index (χ1) is 9.70. The molecule has 0 amide bonds. The number of aromatic amines is 1. The fourth-order valence-corrected chi connectivity index (χ4v) is 2.95. The molecule has 0 bridgehead atoms. The van der Waals surface area contributed by atoms with Gasteiger partial charge < -0.3 is 9.72 Å². The largest absolute Gasteiger partial charge is 0.372 e. The summed E-state index contributed by atoms with van der Waals surface area (Å²) in [7, 11) is 1.68. The number of halogens is 2. The summed E-state index contributed by atoms with van der Waals surface area (Å²) in [6.07, 6.45) is 1.74. The third-order valence-electron chi connectivity index (χ3n) is 3.38. The number of ether oxygens (including phenoxy) is 1. The first-order valence-corrected chi connectivity index (χ1v) is 7.00. The summed E-state index contributed by atoms with van der Waals surface area (Å²) in [5, 5.41) is 2.35. The van der Waals surface area contributed by atoms with Gasteiger partial charge in [0.15, 0.2) is 0 Å². The molecule has 1 N–H and O–H groups in total. The number of fused-ring (bicyclic) bond motifs is 1. The lowest BCUT2D eigenvalue weighted by molar-refractivity contribution is 0.137. The molecular weight excluding hydrogens is 293 g/mol. The van der Waals surface area contributed by atoms with E-state index in [0.29, 0.717) is 10.0 Å². The van der Waals surface area contributed by atoms with Crippen LogP contribution in [0.2, 0.25) is 10.0 Å². The van der Waals surface area contributed by atoms with Gasteiger partial charge in [-0.25, -0.2) is 0 Å². The Kier molecular flexibility index (Phi) is 3.70. The van der Waals surface area contributed by atoms with Crippen LogP contribution in [0.4, 0.5) is 0 Å². The van der Waals surface area contributed by atoms with E-state index in [2.05, 4.69) is 11.1 Å². The average molecular weight is 306 g/mol. The molecule has 0 saturated carbocycles. The number of aromatic nitrogens is 1. The zero-order valence-electron chi connectivity index (χ0n) is 10.9. The van der Waals surface area contributed by atoms with Gasteiger partial charge in [-0.05, 0) is 18.2 Å². The Balaban J connectivity index is 2.14. The van der Waals surface area contributed by atoms with Crippen LogP contribution >= 0.6 is 23.2 Å². The molecule has 0 aliphatic rings. The molecule has 1 unspecified atom stereocenters. The molecular formula is C16H13Cl2NO. The maximum atomic E-state index is 6.30. The molecule has 0 radical (unpaired) electrons. The van der Waals surface area contributed by atoms with Crippen molar-refractivity contribution in [3.05, 3.63) is 69.8 Å². The van der Waals surface area contributed by atoms with E-state index < -0.39 is 0 Å². The van der Waals surface area contributed by atoms with Crippen molar-refractivity contribution < 1.29 is 4.74 Å². The number of benzene rings is 2. The highest BCUT2D eigenvalue weighted by molar-refractivity contribution is 6.35. The summed E-state index contributed by atoms with van der Waals surface area (Å²) in [4.78, 5) is 3.25. The summed E-state index contributed by atoms with van der Waals surface area (Å²) in [6, 6.07) is 13.6. The van der Waals surface area contributed by atoms with Crippen LogP contribution in [0.15, 0.2) is 48.7 Å². The minimum absolute atomic E-state index is 0.226. The highest BCUT2D eigenvalue weighted by Gasteiger charge is 2.19. The van der Waals surface area contributed by atoms with Crippen LogP contribution in [0.3, 0.4) is 0 Å². The van der Waals surface area contributed by atoms with E-state index in [1.54, 1.807) is 13.2 Å². The zero-order chi connectivity index (χ0) is 14.1. The van der Waals surface area contributed by atoms with Crippen molar-refractivity contribution in [1.82, 2.24) is 4.98 Å². The monoisotopic (exact) mass is 305 g/mol. The molecule has 1 aromatic heterocycles. The fourth-order valence-electron chi connectivity index (χ4n) is 2.45. The molecule has 102 valence electrons. The molecule has 4 heteroatoms. The second-order valence-corrected chi connectivity index (χ2v) is 5.41. The smallest absolute Gasteiger partial charge is 0.111 e. The van der Waals surface area contributed by atoms with E-state index in [0.717, 1.165) is 22.0 Å². The second-order valence-electron chi connectivity index (χ2n) is 4.57. The number of H-pyrrole nitrogens is 1. The van der Waals surface area contributed by atoms with Gasteiger partial charge in [0.2, 0.25) is 0 Å². The minimum Gasteiger partial charge on any atom is -0.372 e. The quantitative estimate of drug-likeness (QED) is 0.706. The van der Waals surface area contributed by atoms with Crippen molar-refractivity contribution in [2.24, 2.45) is 0 Å². The summed E-state index contributed by atoms with van der Waals surface area (Å²) < 4.78 is 5.66. The molecule has 0 fully saturated rings. The molecule has 1 heterocycles. The van der Waals surface area contributed by atoms with Crippen LogP contribution < -0.4 is 0 Å². The molecule has 3 rings (SSSR count). The lowest BCUT2D eigenvalue weighted by Gasteiger charge is -2.17. The SMILES string of the molecule is COC(c1ccc(Cl)cc1Cl)c1c[nH]c2ccccc12. The number of hydrogen-bond donors (Lipinski definition) is 1. The van der Waals surface area contributed by atoms with Gasteiger partial charge in [-0.2, -0.15) is 0 Å². The Morgan fingerprint density at radius 3 is 2.60 bits per heavy atom. The summed E-state index contributed by atoms with van der Waals surface area (Å²) >= 11 is 12.2. The van der Waals surface area contributed by atoms with E-state index in [-0.39, 0.29) is 6.10 Å². The van der Waals surface area contributed by atoms with Crippen molar-refractivity contribution in [2.75, 3.05) is 7.11 Å². The Bertz CT molecular complexity index is 751. The lowest BCUT2D eigenvalue weighted by Crippen LogP contribution is -2.03. The minimum atomic E-state index is -0.226. The van der Waals surface area contributed by atoms with Crippen molar-refractivity contribution in [2.45, 2.75) is 6.10 Å². The van der Waals surface area contributed by atoms with Crippen molar-refractivity contribution in [3.63, 3.8) is 0 Å². The highest BCUT2D eigenvalue weighted by atomic mass is 35.5. The number of para-hydroxylation sites is 1. The van der Waals surface area contributed by atoms with Crippen LogP contribution in [0.5, 0.6) is 0 Å². The lowest BCUT2D eigenvalue weighted by atomic mass is 10.0. The predicted octanol–water partition coefficient (Wildman–Crippen LogP) is 5.21. The maximum Gasteiger partial charge on any atom is 0.111 e. The molecule has 1 atom stereocenters. The highest BCUT2D eigenvalue weighted by Crippen LogP contribution is 2.35.